The molecule has 0 saturated heterocycles. The quantitative estimate of drug-likeness (QED) is 0.850. The van der Waals surface area contributed by atoms with Crippen LogP contribution in [-0.2, 0) is 11.2 Å². The van der Waals surface area contributed by atoms with Gasteiger partial charge in [0.25, 0.3) is 5.91 Å². The topological polar surface area (TPSA) is 38.3 Å². The van der Waals surface area contributed by atoms with Gasteiger partial charge in [0.2, 0.25) is 0 Å². The third kappa shape index (κ3) is 4.49. The van der Waals surface area contributed by atoms with Gasteiger partial charge in [0.15, 0.2) is 6.61 Å². The highest BCUT2D eigenvalue weighted by molar-refractivity contribution is 6.31. The van der Waals surface area contributed by atoms with E-state index in [4.69, 9.17) is 16.3 Å². The summed E-state index contributed by atoms with van der Waals surface area (Å²) in [5, 5.41) is 3.64. The number of hydrogen-bond donors (Lipinski definition) is 1. The van der Waals surface area contributed by atoms with Crippen LogP contribution >= 0.6 is 11.6 Å². The molecule has 0 atom stereocenters. The van der Waals surface area contributed by atoms with Crippen molar-refractivity contribution in [2.45, 2.75) is 34.1 Å². The summed E-state index contributed by atoms with van der Waals surface area (Å²) in [6.07, 6.45) is 0.823. The third-order valence-electron chi connectivity index (χ3n) is 3.71. The van der Waals surface area contributed by atoms with E-state index in [0.29, 0.717) is 5.75 Å². The summed E-state index contributed by atoms with van der Waals surface area (Å²) in [6, 6.07) is 9.55. The summed E-state index contributed by atoms with van der Waals surface area (Å²) in [7, 11) is 0. The number of halogens is 1. The van der Waals surface area contributed by atoms with Crippen molar-refractivity contribution in [3.05, 3.63) is 57.6 Å². The second kappa shape index (κ2) is 7.51. The van der Waals surface area contributed by atoms with Gasteiger partial charge in [-0.15, -0.1) is 0 Å². The molecular weight excluding hydrogens is 310 g/mol. The van der Waals surface area contributed by atoms with Gasteiger partial charge in [-0.05, 0) is 62.1 Å². The highest BCUT2D eigenvalue weighted by Gasteiger charge is 2.09. The maximum absolute atomic E-state index is 12.1. The molecule has 1 N–H and O–H groups in total. The van der Waals surface area contributed by atoms with Crippen LogP contribution in [0.2, 0.25) is 5.02 Å². The molecule has 0 unspecified atom stereocenters. The van der Waals surface area contributed by atoms with Crippen LogP contribution in [0.5, 0.6) is 5.75 Å². The fourth-order valence-electron chi connectivity index (χ4n) is 2.61. The number of carbonyl (C=O) groups excluding carboxylic acids is 1. The maximum atomic E-state index is 12.1. The summed E-state index contributed by atoms with van der Waals surface area (Å²) >= 11 is 6.08. The average Bonchev–Trinajstić information content (AvgIpc) is 2.50. The van der Waals surface area contributed by atoms with Crippen molar-refractivity contribution in [3.8, 4) is 5.75 Å². The van der Waals surface area contributed by atoms with Crippen LogP contribution in [0, 0.1) is 20.8 Å². The Kier molecular flexibility index (Phi) is 5.67. The fraction of sp³-hybridized carbons (Fsp3) is 0.316. The number of carbonyl (C=O) groups is 1. The van der Waals surface area contributed by atoms with Crippen molar-refractivity contribution in [1.82, 2.24) is 0 Å². The van der Waals surface area contributed by atoms with E-state index in [1.807, 2.05) is 33.8 Å². The van der Waals surface area contributed by atoms with E-state index in [0.717, 1.165) is 33.8 Å². The van der Waals surface area contributed by atoms with Crippen LogP contribution in [0.25, 0.3) is 0 Å². The molecule has 2 aromatic carbocycles. The van der Waals surface area contributed by atoms with E-state index >= 15 is 0 Å². The summed E-state index contributed by atoms with van der Waals surface area (Å²) < 4.78 is 5.57. The zero-order valence-electron chi connectivity index (χ0n) is 14.0. The molecule has 3 nitrogen and oxygen atoms in total. The minimum atomic E-state index is -0.173. The summed E-state index contributed by atoms with van der Waals surface area (Å²) in [6.45, 7) is 8.02. The number of benzene rings is 2. The second-order valence-electron chi connectivity index (χ2n) is 5.72. The first-order valence-electron chi connectivity index (χ1n) is 7.69. The lowest BCUT2D eigenvalue weighted by Crippen LogP contribution is -2.21. The number of nitrogens with one attached hydrogen (secondary N) is 1. The molecule has 2 aromatic rings. The lowest BCUT2D eigenvalue weighted by atomic mass is 10.1. The van der Waals surface area contributed by atoms with Crippen molar-refractivity contribution in [2.75, 3.05) is 11.9 Å². The number of rotatable bonds is 5. The number of aryl methyl sites for hydroxylation is 4. The Bertz CT molecular complexity index is 702. The highest BCUT2D eigenvalue weighted by atomic mass is 35.5. The lowest BCUT2D eigenvalue weighted by Gasteiger charge is -2.13. The highest BCUT2D eigenvalue weighted by Crippen LogP contribution is 2.23. The predicted octanol–water partition coefficient (Wildman–Crippen LogP) is 4.85. The van der Waals surface area contributed by atoms with Gasteiger partial charge in [0.1, 0.15) is 5.75 Å². The molecule has 0 bridgehead atoms. The number of anilines is 1. The Hall–Kier alpha value is -2.00. The fourth-order valence-corrected chi connectivity index (χ4v) is 2.86. The van der Waals surface area contributed by atoms with Crippen LogP contribution in [0.4, 0.5) is 5.69 Å². The SMILES string of the molecule is CCc1cc(OCC(=O)Nc2c(C)cc(C)cc2C)ccc1Cl. The van der Waals surface area contributed by atoms with Crippen molar-refractivity contribution in [1.29, 1.82) is 0 Å². The molecule has 0 radical (unpaired) electrons. The minimum absolute atomic E-state index is 0.0302. The molecule has 0 aliphatic heterocycles. The second-order valence-corrected chi connectivity index (χ2v) is 6.12. The first-order valence-corrected chi connectivity index (χ1v) is 8.07. The molecule has 0 saturated carbocycles. The monoisotopic (exact) mass is 331 g/mol. The first kappa shape index (κ1) is 17.4. The third-order valence-corrected chi connectivity index (χ3v) is 4.08. The number of amides is 1. The molecule has 0 spiro atoms. The normalized spacial score (nSPS) is 10.5. The lowest BCUT2D eigenvalue weighted by molar-refractivity contribution is -0.118. The van der Waals surface area contributed by atoms with Gasteiger partial charge >= 0.3 is 0 Å². The maximum Gasteiger partial charge on any atom is 0.262 e. The molecule has 0 aliphatic carbocycles. The number of hydrogen-bond acceptors (Lipinski definition) is 2. The Morgan fingerprint density at radius 1 is 1.13 bits per heavy atom. The van der Waals surface area contributed by atoms with Gasteiger partial charge in [-0.1, -0.05) is 36.2 Å². The smallest absolute Gasteiger partial charge is 0.262 e. The van der Waals surface area contributed by atoms with Crippen molar-refractivity contribution in [2.24, 2.45) is 0 Å². The van der Waals surface area contributed by atoms with Crippen LogP contribution < -0.4 is 10.1 Å². The van der Waals surface area contributed by atoms with Crippen LogP contribution in [0.3, 0.4) is 0 Å². The predicted molar refractivity (Wildman–Crippen MR) is 95.6 cm³/mol. The van der Waals surface area contributed by atoms with Gasteiger partial charge in [-0.25, -0.2) is 0 Å². The molecule has 0 aliphatic rings. The van der Waals surface area contributed by atoms with Gasteiger partial charge < -0.3 is 10.1 Å². The zero-order valence-corrected chi connectivity index (χ0v) is 14.8. The molecule has 4 heteroatoms. The summed E-state index contributed by atoms with van der Waals surface area (Å²) in [4.78, 5) is 12.1. The number of ether oxygens (including phenoxy) is 1. The molecule has 122 valence electrons. The molecule has 23 heavy (non-hydrogen) atoms. The molecule has 0 aromatic heterocycles. The minimum Gasteiger partial charge on any atom is -0.484 e. The Labute approximate surface area is 142 Å². The first-order chi connectivity index (χ1) is 10.9. The zero-order chi connectivity index (χ0) is 17.0. The van der Waals surface area contributed by atoms with Crippen molar-refractivity contribution < 1.29 is 9.53 Å². The summed E-state index contributed by atoms with van der Waals surface area (Å²) in [5.41, 5.74) is 5.15. The standard InChI is InChI=1S/C19H22ClNO2/c1-5-15-10-16(6-7-17(15)20)23-11-18(22)21-19-13(3)8-12(2)9-14(19)4/h6-10H,5,11H2,1-4H3,(H,21,22). The average molecular weight is 332 g/mol. The van der Waals surface area contributed by atoms with E-state index in [2.05, 4.69) is 17.4 Å². The Balaban J connectivity index is 2.01. The largest absolute Gasteiger partial charge is 0.484 e. The van der Waals surface area contributed by atoms with Crippen molar-refractivity contribution in [3.63, 3.8) is 0 Å². The molecule has 0 heterocycles. The van der Waals surface area contributed by atoms with Crippen LogP contribution in [-0.4, -0.2) is 12.5 Å². The van der Waals surface area contributed by atoms with Crippen molar-refractivity contribution >= 4 is 23.2 Å². The van der Waals surface area contributed by atoms with Gasteiger partial charge in [-0.2, -0.15) is 0 Å². The van der Waals surface area contributed by atoms with E-state index < -0.39 is 0 Å². The van der Waals surface area contributed by atoms with Gasteiger partial charge in [0, 0.05) is 10.7 Å². The van der Waals surface area contributed by atoms with E-state index in [1.54, 1.807) is 12.1 Å². The molecule has 1 amide bonds. The van der Waals surface area contributed by atoms with Gasteiger partial charge in [-0.3, -0.25) is 4.79 Å². The van der Waals surface area contributed by atoms with E-state index in [1.165, 1.54) is 5.56 Å². The van der Waals surface area contributed by atoms with E-state index in [9.17, 15) is 4.79 Å². The van der Waals surface area contributed by atoms with E-state index in [-0.39, 0.29) is 12.5 Å². The van der Waals surface area contributed by atoms with Gasteiger partial charge in [0.05, 0.1) is 0 Å². The van der Waals surface area contributed by atoms with Crippen LogP contribution in [0.15, 0.2) is 30.3 Å². The Morgan fingerprint density at radius 2 is 1.78 bits per heavy atom. The Morgan fingerprint density at radius 3 is 2.39 bits per heavy atom. The summed E-state index contributed by atoms with van der Waals surface area (Å²) in [5.74, 6) is 0.479. The van der Waals surface area contributed by atoms with Crippen LogP contribution in [0.1, 0.15) is 29.2 Å². The molecular formula is C19H22ClNO2. The molecule has 0 fully saturated rings. The molecule has 2 rings (SSSR count).